The quantitative estimate of drug-likeness (QED) is 0.735. The van der Waals surface area contributed by atoms with Crippen LogP contribution in [0.25, 0.3) is 0 Å². The van der Waals surface area contributed by atoms with Crippen molar-refractivity contribution in [1.29, 1.82) is 0 Å². The van der Waals surface area contributed by atoms with Crippen molar-refractivity contribution in [2.75, 3.05) is 13.7 Å². The topological polar surface area (TPSA) is 21.3 Å². The van der Waals surface area contributed by atoms with Crippen LogP contribution in [-0.2, 0) is 4.74 Å². The van der Waals surface area contributed by atoms with Gasteiger partial charge in [-0.15, -0.1) is 0 Å². The van der Waals surface area contributed by atoms with Gasteiger partial charge >= 0.3 is 0 Å². The van der Waals surface area contributed by atoms with Crippen molar-refractivity contribution in [3.63, 3.8) is 0 Å². The molecule has 2 nitrogen and oxygen atoms in total. The Kier molecular flexibility index (Phi) is 5.49. The van der Waals surface area contributed by atoms with Crippen molar-refractivity contribution < 1.29 is 4.74 Å². The first kappa shape index (κ1) is 12.0. The first-order valence-electron chi connectivity index (χ1n) is 6.07. The van der Waals surface area contributed by atoms with Gasteiger partial charge in [-0.25, -0.2) is 0 Å². The van der Waals surface area contributed by atoms with Crippen LogP contribution in [0.5, 0.6) is 0 Å². The molecular formula is C12H25NO. The van der Waals surface area contributed by atoms with E-state index in [1.54, 1.807) is 0 Å². The maximum absolute atomic E-state index is 5.57. The van der Waals surface area contributed by atoms with Crippen LogP contribution >= 0.6 is 0 Å². The van der Waals surface area contributed by atoms with Gasteiger partial charge in [0.05, 0.1) is 6.10 Å². The fraction of sp³-hybridized carbons (Fsp3) is 1.00. The lowest BCUT2D eigenvalue weighted by atomic mass is 9.82. The molecule has 0 saturated heterocycles. The normalized spacial score (nSPS) is 33.2. The molecule has 1 aliphatic carbocycles. The molecule has 0 aromatic rings. The second-order valence-corrected chi connectivity index (χ2v) is 4.42. The maximum Gasteiger partial charge on any atom is 0.0726 e. The molecule has 0 spiro atoms. The molecule has 1 saturated carbocycles. The van der Waals surface area contributed by atoms with E-state index in [0.29, 0.717) is 12.1 Å². The minimum Gasteiger partial charge on any atom is -0.380 e. The second-order valence-electron chi connectivity index (χ2n) is 4.42. The van der Waals surface area contributed by atoms with Gasteiger partial charge in [-0.3, -0.25) is 0 Å². The largest absolute Gasteiger partial charge is 0.380 e. The number of hydrogen-bond donors (Lipinski definition) is 1. The van der Waals surface area contributed by atoms with Gasteiger partial charge in [0.25, 0.3) is 0 Å². The molecule has 0 aliphatic heterocycles. The van der Waals surface area contributed by atoms with Crippen molar-refractivity contribution >= 4 is 0 Å². The number of ether oxygens (including phenoxy) is 1. The summed E-state index contributed by atoms with van der Waals surface area (Å²) in [5, 5.41) is 3.59. The zero-order valence-corrected chi connectivity index (χ0v) is 9.88. The molecular weight excluding hydrogens is 174 g/mol. The standard InChI is InChI=1S/C12H25NO/c1-4-8-13-11-7-6-10(5-2)9-12(11)14-3/h10-13H,4-9H2,1-3H3. The van der Waals surface area contributed by atoms with Crippen molar-refractivity contribution in [2.45, 2.75) is 58.1 Å². The molecule has 1 fully saturated rings. The van der Waals surface area contributed by atoms with Crippen molar-refractivity contribution in [2.24, 2.45) is 5.92 Å². The number of rotatable bonds is 5. The van der Waals surface area contributed by atoms with Crippen molar-refractivity contribution in [3.8, 4) is 0 Å². The van der Waals surface area contributed by atoms with E-state index in [2.05, 4.69) is 19.2 Å². The Bertz CT molecular complexity index is 149. The third-order valence-corrected chi connectivity index (χ3v) is 3.44. The van der Waals surface area contributed by atoms with E-state index in [9.17, 15) is 0 Å². The van der Waals surface area contributed by atoms with Crippen LogP contribution in [-0.4, -0.2) is 25.8 Å². The molecule has 1 aliphatic rings. The summed E-state index contributed by atoms with van der Waals surface area (Å²) in [6.07, 6.45) is 6.87. The molecule has 0 bridgehead atoms. The third kappa shape index (κ3) is 3.25. The predicted octanol–water partition coefficient (Wildman–Crippen LogP) is 2.58. The van der Waals surface area contributed by atoms with Crippen LogP contribution < -0.4 is 5.32 Å². The summed E-state index contributed by atoms with van der Waals surface area (Å²) in [5.41, 5.74) is 0. The molecule has 0 aromatic heterocycles. The van der Waals surface area contributed by atoms with E-state index < -0.39 is 0 Å². The van der Waals surface area contributed by atoms with Crippen LogP contribution in [0.15, 0.2) is 0 Å². The first-order chi connectivity index (χ1) is 6.81. The van der Waals surface area contributed by atoms with Crippen LogP contribution in [0, 0.1) is 5.92 Å². The summed E-state index contributed by atoms with van der Waals surface area (Å²) >= 11 is 0. The van der Waals surface area contributed by atoms with Gasteiger partial charge in [0, 0.05) is 13.2 Å². The van der Waals surface area contributed by atoms with Crippen LogP contribution in [0.2, 0.25) is 0 Å². The van der Waals surface area contributed by atoms with Crippen LogP contribution in [0.3, 0.4) is 0 Å². The lowest BCUT2D eigenvalue weighted by Gasteiger charge is -2.35. The van der Waals surface area contributed by atoms with Gasteiger partial charge in [0.15, 0.2) is 0 Å². The maximum atomic E-state index is 5.57. The summed E-state index contributed by atoms with van der Waals surface area (Å²) in [7, 11) is 1.85. The molecule has 84 valence electrons. The molecule has 3 atom stereocenters. The van der Waals surface area contributed by atoms with Crippen LogP contribution in [0.4, 0.5) is 0 Å². The Balaban J connectivity index is 2.35. The average Bonchev–Trinajstić information content (AvgIpc) is 2.26. The third-order valence-electron chi connectivity index (χ3n) is 3.44. The molecule has 1 N–H and O–H groups in total. The fourth-order valence-corrected chi connectivity index (χ4v) is 2.41. The van der Waals surface area contributed by atoms with E-state index in [0.717, 1.165) is 12.5 Å². The molecule has 2 heteroatoms. The van der Waals surface area contributed by atoms with Gasteiger partial charge in [0.1, 0.15) is 0 Å². The smallest absolute Gasteiger partial charge is 0.0726 e. The van der Waals surface area contributed by atoms with E-state index in [1.807, 2.05) is 7.11 Å². The molecule has 14 heavy (non-hydrogen) atoms. The Morgan fingerprint density at radius 1 is 1.29 bits per heavy atom. The Hall–Kier alpha value is -0.0800. The average molecular weight is 199 g/mol. The zero-order chi connectivity index (χ0) is 10.4. The van der Waals surface area contributed by atoms with Crippen molar-refractivity contribution in [1.82, 2.24) is 5.32 Å². The highest BCUT2D eigenvalue weighted by Crippen LogP contribution is 2.28. The van der Waals surface area contributed by atoms with Gasteiger partial charge in [-0.1, -0.05) is 20.3 Å². The summed E-state index contributed by atoms with van der Waals surface area (Å²) in [6, 6.07) is 0.600. The summed E-state index contributed by atoms with van der Waals surface area (Å²) in [4.78, 5) is 0. The zero-order valence-electron chi connectivity index (χ0n) is 9.88. The van der Waals surface area contributed by atoms with Gasteiger partial charge < -0.3 is 10.1 Å². The van der Waals surface area contributed by atoms with E-state index in [4.69, 9.17) is 4.74 Å². The van der Waals surface area contributed by atoms with E-state index in [1.165, 1.54) is 32.1 Å². The molecule has 0 amide bonds. The van der Waals surface area contributed by atoms with Gasteiger partial charge in [-0.2, -0.15) is 0 Å². The fourth-order valence-electron chi connectivity index (χ4n) is 2.41. The van der Waals surface area contributed by atoms with Crippen LogP contribution in [0.1, 0.15) is 46.0 Å². The summed E-state index contributed by atoms with van der Waals surface area (Å²) in [6.45, 7) is 5.63. The van der Waals surface area contributed by atoms with E-state index >= 15 is 0 Å². The Morgan fingerprint density at radius 2 is 2.07 bits per heavy atom. The molecule has 3 unspecified atom stereocenters. The molecule has 1 rings (SSSR count). The SMILES string of the molecule is CCCNC1CCC(CC)CC1OC. The molecule has 0 aromatic carbocycles. The Labute approximate surface area is 88.4 Å². The lowest BCUT2D eigenvalue weighted by Crippen LogP contribution is -2.45. The summed E-state index contributed by atoms with van der Waals surface area (Å²) < 4.78 is 5.57. The minimum absolute atomic E-state index is 0.445. The molecule has 0 radical (unpaired) electrons. The number of hydrogen-bond acceptors (Lipinski definition) is 2. The first-order valence-corrected chi connectivity index (χ1v) is 6.07. The van der Waals surface area contributed by atoms with Gasteiger partial charge in [0.2, 0.25) is 0 Å². The minimum atomic E-state index is 0.445. The predicted molar refractivity (Wildman–Crippen MR) is 60.5 cm³/mol. The molecule has 0 heterocycles. The number of methoxy groups -OCH3 is 1. The lowest BCUT2D eigenvalue weighted by molar-refractivity contribution is 0.0222. The highest BCUT2D eigenvalue weighted by atomic mass is 16.5. The van der Waals surface area contributed by atoms with Crippen molar-refractivity contribution in [3.05, 3.63) is 0 Å². The number of nitrogens with one attached hydrogen (secondary N) is 1. The highest BCUT2D eigenvalue weighted by molar-refractivity contribution is 4.85. The summed E-state index contributed by atoms with van der Waals surface area (Å²) in [5.74, 6) is 0.889. The highest BCUT2D eigenvalue weighted by Gasteiger charge is 2.28. The monoisotopic (exact) mass is 199 g/mol. The Morgan fingerprint density at radius 3 is 2.64 bits per heavy atom. The second kappa shape index (κ2) is 6.41. The van der Waals surface area contributed by atoms with Gasteiger partial charge in [-0.05, 0) is 38.1 Å². The van der Waals surface area contributed by atoms with E-state index in [-0.39, 0.29) is 0 Å².